The molecular formula is C19H32. The number of hydrogen-bond acceptors (Lipinski definition) is 0. The van der Waals surface area contributed by atoms with Crippen LogP contribution in [0.1, 0.15) is 73.1 Å². The van der Waals surface area contributed by atoms with Crippen LogP contribution in [0.4, 0.5) is 0 Å². The van der Waals surface area contributed by atoms with Crippen molar-refractivity contribution in [3.05, 3.63) is 47.1 Å². The lowest BCUT2D eigenvalue weighted by Crippen LogP contribution is -1.81. The Morgan fingerprint density at radius 2 is 1.21 bits per heavy atom. The van der Waals surface area contributed by atoms with Crippen molar-refractivity contribution < 1.29 is 0 Å². The first-order valence-electron chi connectivity index (χ1n) is 7.62. The van der Waals surface area contributed by atoms with E-state index in [2.05, 4.69) is 65.0 Å². The second-order valence-electron chi connectivity index (χ2n) is 5.61. The van der Waals surface area contributed by atoms with Gasteiger partial charge in [-0.3, -0.25) is 0 Å². The highest BCUT2D eigenvalue weighted by atomic mass is 14.0. The third-order valence-electron chi connectivity index (χ3n) is 3.18. The maximum absolute atomic E-state index is 2.40. The van der Waals surface area contributed by atoms with E-state index in [0.717, 1.165) is 0 Å². The highest BCUT2D eigenvalue weighted by Crippen LogP contribution is 2.12. The average Bonchev–Trinajstić information content (AvgIpc) is 2.34. The Labute approximate surface area is 121 Å². The van der Waals surface area contributed by atoms with Gasteiger partial charge in [0.2, 0.25) is 0 Å². The minimum absolute atomic E-state index is 1.17. The minimum Gasteiger partial charge on any atom is -0.0917 e. The summed E-state index contributed by atoms with van der Waals surface area (Å²) in [6.07, 6.45) is 18.6. The Morgan fingerprint density at radius 1 is 0.684 bits per heavy atom. The number of allylic oxidation sites excluding steroid dienone is 8. The Balaban J connectivity index is 3.83. The van der Waals surface area contributed by atoms with Crippen molar-refractivity contribution in [3.8, 4) is 0 Å². The summed E-state index contributed by atoms with van der Waals surface area (Å²) in [7, 11) is 0. The molecule has 0 aromatic rings. The van der Waals surface area contributed by atoms with Crippen molar-refractivity contribution >= 4 is 0 Å². The Kier molecular flexibility index (Phi) is 11.4. The zero-order valence-corrected chi connectivity index (χ0v) is 13.6. The van der Waals surface area contributed by atoms with Crippen LogP contribution in [0.25, 0.3) is 0 Å². The van der Waals surface area contributed by atoms with E-state index < -0.39 is 0 Å². The zero-order chi connectivity index (χ0) is 14.5. The molecule has 0 fully saturated rings. The molecule has 19 heavy (non-hydrogen) atoms. The molecule has 108 valence electrons. The summed E-state index contributed by atoms with van der Waals surface area (Å²) in [6.45, 7) is 10.9. The van der Waals surface area contributed by atoms with Crippen LogP contribution in [0.5, 0.6) is 0 Å². The fourth-order valence-electron chi connectivity index (χ4n) is 1.93. The molecule has 0 rings (SSSR count). The van der Waals surface area contributed by atoms with E-state index in [1.54, 1.807) is 0 Å². The molecule has 0 unspecified atom stereocenters. The molecule has 0 saturated carbocycles. The highest BCUT2D eigenvalue weighted by Gasteiger charge is 1.91. The molecule has 0 aromatic heterocycles. The van der Waals surface area contributed by atoms with Crippen LogP contribution < -0.4 is 0 Å². The van der Waals surface area contributed by atoms with Crippen LogP contribution in [-0.4, -0.2) is 0 Å². The molecule has 0 N–H and O–H groups in total. The van der Waals surface area contributed by atoms with Crippen LogP contribution in [0, 0.1) is 0 Å². The van der Waals surface area contributed by atoms with Gasteiger partial charge in [-0.15, -0.1) is 0 Å². The second-order valence-corrected chi connectivity index (χ2v) is 5.61. The summed E-state index contributed by atoms with van der Waals surface area (Å²) < 4.78 is 0. The van der Waals surface area contributed by atoms with Gasteiger partial charge in [-0.1, -0.05) is 47.1 Å². The molecule has 0 aliphatic carbocycles. The van der Waals surface area contributed by atoms with Gasteiger partial charge in [-0.05, 0) is 73.1 Å². The lowest BCUT2D eigenvalue weighted by Gasteiger charge is -2.01. The minimum atomic E-state index is 1.17. The SMILES string of the molecule is CC=CCCC=C(C)CCC=C(C)CCC=C(C)C. The van der Waals surface area contributed by atoms with E-state index in [1.807, 2.05) is 0 Å². The fraction of sp³-hybridized carbons (Fsp3) is 0.579. The molecule has 0 heteroatoms. The largest absolute Gasteiger partial charge is 0.0917 e. The molecule has 0 spiro atoms. The molecule has 0 aliphatic heterocycles. The van der Waals surface area contributed by atoms with Crippen LogP contribution in [0.2, 0.25) is 0 Å². The van der Waals surface area contributed by atoms with Crippen molar-refractivity contribution in [1.29, 1.82) is 0 Å². The molecule has 0 aliphatic rings. The third kappa shape index (κ3) is 13.2. The first-order valence-corrected chi connectivity index (χ1v) is 7.62. The van der Waals surface area contributed by atoms with E-state index in [4.69, 9.17) is 0 Å². The molecule has 0 aromatic carbocycles. The van der Waals surface area contributed by atoms with E-state index >= 15 is 0 Å². The van der Waals surface area contributed by atoms with Crippen molar-refractivity contribution in [2.24, 2.45) is 0 Å². The third-order valence-corrected chi connectivity index (χ3v) is 3.18. The summed E-state index contributed by atoms with van der Waals surface area (Å²) in [5, 5.41) is 0. The van der Waals surface area contributed by atoms with Crippen LogP contribution in [0.3, 0.4) is 0 Å². The van der Waals surface area contributed by atoms with Crippen molar-refractivity contribution in [2.75, 3.05) is 0 Å². The monoisotopic (exact) mass is 260 g/mol. The van der Waals surface area contributed by atoms with Gasteiger partial charge in [0.25, 0.3) is 0 Å². The van der Waals surface area contributed by atoms with Gasteiger partial charge in [0.05, 0.1) is 0 Å². The van der Waals surface area contributed by atoms with Gasteiger partial charge >= 0.3 is 0 Å². The number of rotatable bonds is 9. The van der Waals surface area contributed by atoms with Crippen molar-refractivity contribution in [3.63, 3.8) is 0 Å². The summed E-state index contributed by atoms with van der Waals surface area (Å²) in [6, 6.07) is 0. The van der Waals surface area contributed by atoms with Gasteiger partial charge < -0.3 is 0 Å². The topological polar surface area (TPSA) is 0 Å². The molecule has 0 bridgehead atoms. The second kappa shape index (κ2) is 12.0. The van der Waals surface area contributed by atoms with Crippen LogP contribution in [-0.2, 0) is 0 Å². The van der Waals surface area contributed by atoms with Gasteiger partial charge in [-0.25, -0.2) is 0 Å². The molecule has 0 saturated heterocycles. The lowest BCUT2D eigenvalue weighted by molar-refractivity contribution is 0.907. The predicted octanol–water partition coefficient (Wildman–Crippen LogP) is 6.76. The molecule has 0 nitrogen and oxygen atoms in total. The van der Waals surface area contributed by atoms with Crippen LogP contribution in [0.15, 0.2) is 47.1 Å². The van der Waals surface area contributed by atoms with Crippen molar-refractivity contribution in [1.82, 2.24) is 0 Å². The first kappa shape index (κ1) is 18.0. The van der Waals surface area contributed by atoms with E-state index in [9.17, 15) is 0 Å². The van der Waals surface area contributed by atoms with Gasteiger partial charge in [-0.2, -0.15) is 0 Å². The zero-order valence-electron chi connectivity index (χ0n) is 13.6. The quantitative estimate of drug-likeness (QED) is 0.317. The average molecular weight is 260 g/mol. The van der Waals surface area contributed by atoms with Crippen LogP contribution >= 0.6 is 0 Å². The lowest BCUT2D eigenvalue weighted by atomic mass is 10.1. The predicted molar refractivity (Wildman–Crippen MR) is 89.5 cm³/mol. The molecule has 0 heterocycles. The standard InChI is InChI=1S/C19H32/c1-6-7-8-9-13-18(4)15-11-16-19(5)14-10-12-17(2)3/h6-7,12-13,16H,8-11,14-15H2,1-5H3. The summed E-state index contributed by atoms with van der Waals surface area (Å²) in [5.41, 5.74) is 4.48. The van der Waals surface area contributed by atoms with E-state index in [0.29, 0.717) is 0 Å². The van der Waals surface area contributed by atoms with E-state index in [1.165, 1.54) is 55.2 Å². The summed E-state index contributed by atoms with van der Waals surface area (Å²) in [5.74, 6) is 0. The Bertz CT molecular complexity index is 333. The van der Waals surface area contributed by atoms with Crippen molar-refractivity contribution in [2.45, 2.75) is 73.1 Å². The van der Waals surface area contributed by atoms with E-state index in [-0.39, 0.29) is 0 Å². The van der Waals surface area contributed by atoms with Gasteiger partial charge in [0, 0.05) is 0 Å². The number of unbranched alkanes of at least 4 members (excludes halogenated alkanes) is 1. The van der Waals surface area contributed by atoms with Gasteiger partial charge in [0.1, 0.15) is 0 Å². The normalized spacial score (nSPS) is 13.1. The maximum Gasteiger partial charge on any atom is -0.0288 e. The maximum atomic E-state index is 2.40. The Morgan fingerprint density at radius 3 is 1.74 bits per heavy atom. The summed E-state index contributed by atoms with van der Waals surface area (Å²) in [4.78, 5) is 0. The Hall–Kier alpha value is -1.04. The summed E-state index contributed by atoms with van der Waals surface area (Å²) >= 11 is 0. The highest BCUT2D eigenvalue weighted by molar-refractivity contribution is 5.05. The first-order chi connectivity index (χ1) is 9.06. The fourth-order valence-corrected chi connectivity index (χ4v) is 1.93. The number of hydrogen-bond donors (Lipinski definition) is 0. The van der Waals surface area contributed by atoms with Gasteiger partial charge in [0.15, 0.2) is 0 Å². The molecule has 0 amide bonds. The molecular weight excluding hydrogens is 228 g/mol. The smallest absolute Gasteiger partial charge is 0.0288 e. The molecule has 0 atom stereocenters. The molecule has 0 radical (unpaired) electrons.